The molecule has 2 aliphatic rings. The molecular formula is C38H48F3N7O4. The number of imidazole rings is 1. The summed E-state index contributed by atoms with van der Waals surface area (Å²) in [6.45, 7) is 8.21. The number of carboxylic acid groups (broad SMARTS) is 1. The van der Waals surface area contributed by atoms with E-state index in [1.54, 1.807) is 14.0 Å². The van der Waals surface area contributed by atoms with E-state index in [1.165, 1.54) is 12.5 Å². The number of methoxy groups -OCH3 is 1. The third kappa shape index (κ3) is 8.44. The number of benzene rings is 1. The van der Waals surface area contributed by atoms with Crippen LogP contribution in [0.2, 0.25) is 0 Å². The number of carboxylic acids is 1. The van der Waals surface area contributed by atoms with Gasteiger partial charge in [0.2, 0.25) is 5.88 Å². The highest BCUT2D eigenvalue weighted by Crippen LogP contribution is 2.41. The molecule has 2 fully saturated rings. The van der Waals surface area contributed by atoms with Crippen LogP contribution in [0.3, 0.4) is 0 Å². The number of fused-ring (bicyclic) bond motifs is 1. The second-order valence-electron chi connectivity index (χ2n) is 14.2. The van der Waals surface area contributed by atoms with Gasteiger partial charge >= 0.3 is 12.1 Å². The molecule has 280 valence electrons. The van der Waals surface area contributed by atoms with Gasteiger partial charge in [0.05, 0.1) is 31.0 Å². The van der Waals surface area contributed by atoms with Gasteiger partial charge in [0.15, 0.2) is 5.65 Å². The van der Waals surface area contributed by atoms with Crippen molar-refractivity contribution in [3.05, 3.63) is 48.2 Å². The molecule has 1 saturated heterocycles. The van der Waals surface area contributed by atoms with Gasteiger partial charge in [0.25, 0.3) is 0 Å². The molecule has 1 aromatic carbocycles. The molecule has 1 aliphatic carbocycles. The van der Waals surface area contributed by atoms with Crippen molar-refractivity contribution in [3.63, 3.8) is 0 Å². The number of ether oxygens (including phenoxy) is 2. The van der Waals surface area contributed by atoms with E-state index in [9.17, 15) is 18.0 Å². The van der Waals surface area contributed by atoms with Crippen molar-refractivity contribution in [3.8, 4) is 28.5 Å². The van der Waals surface area contributed by atoms with Gasteiger partial charge in [0.1, 0.15) is 17.0 Å². The predicted octanol–water partition coefficient (Wildman–Crippen LogP) is 7.12. The van der Waals surface area contributed by atoms with E-state index in [0.717, 1.165) is 68.3 Å². The number of aromatic amines is 1. The molecule has 4 heterocycles. The van der Waals surface area contributed by atoms with Crippen LogP contribution in [0, 0.1) is 5.41 Å². The maximum atomic E-state index is 14.0. The lowest BCUT2D eigenvalue weighted by molar-refractivity contribution is -0.141. The summed E-state index contributed by atoms with van der Waals surface area (Å²) in [6.07, 6.45) is 0.946. The quantitative estimate of drug-likeness (QED) is 0.148. The van der Waals surface area contributed by atoms with E-state index < -0.39 is 17.8 Å². The predicted molar refractivity (Wildman–Crippen MR) is 195 cm³/mol. The smallest absolute Gasteiger partial charge is 0.433 e. The molecule has 3 aromatic heterocycles. The van der Waals surface area contributed by atoms with Crippen LogP contribution in [0.25, 0.3) is 33.8 Å². The molecule has 0 unspecified atom stereocenters. The van der Waals surface area contributed by atoms with Crippen molar-refractivity contribution in [2.75, 3.05) is 69.9 Å². The minimum atomic E-state index is -4.67. The highest BCUT2D eigenvalue weighted by atomic mass is 19.4. The summed E-state index contributed by atoms with van der Waals surface area (Å²) in [6, 6.07) is 12.6. The first-order valence-corrected chi connectivity index (χ1v) is 18.0. The zero-order valence-electron chi connectivity index (χ0n) is 30.3. The third-order valence-electron chi connectivity index (χ3n) is 10.3. The fraction of sp³-hybridized carbons (Fsp3) is 0.526. The second kappa shape index (κ2) is 15.7. The number of nitrogens with zero attached hydrogens (tertiary/aromatic N) is 6. The fourth-order valence-electron chi connectivity index (χ4n) is 7.81. The molecule has 0 amide bonds. The minimum absolute atomic E-state index is 0.0582. The van der Waals surface area contributed by atoms with Gasteiger partial charge in [-0.3, -0.25) is 9.69 Å². The zero-order chi connectivity index (χ0) is 37.0. The molecule has 1 saturated carbocycles. The Morgan fingerprint density at radius 1 is 1.06 bits per heavy atom. The van der Waals surface area contributed by atoms with Crippen LogP contribution in [0.5, 0.6) is 5.88 Å². The molecule has 0 radical (unpaired) electrons. The number of halogens is 3. The maximum Gasteiger partial charge on any atom is 0.433 e. The minimum Gasteiger partial charge on any atom is -0.481 e. The number of nitrogens with one attached hydrogen (secondary N) is 1. The Kier molecular flexibility index (Phi) is 11.2. The summed E-state index contributed by atoms with van der Waals surface area (Å²) in [7, 11) is 3.73. The SMILES string of the molecule is CCOc1cc(-c2cc(N(C)CC3(COC)CCCCC3)c3[nH]c(-c4ccc(N5CCN(CCC(=O)O)C[C@H]5C)cc4)nc3n2)cc(C(F)(F)F)n1. The number of hydrogen-bond donors (Lipinski definition) is 2. The number of anilines is 2. The van der Waals surface area contributed by atoms with Gasteiger partial charge < -0.3 is 29.4 Å². The molecule has 1 aliphatic heterocycles. The summed E-state index contributed by atoms with van der Waals surface area (Å²) in [4.78, 5) is 34.6. The normalized spacial score (nSPS) is 18.1. The van der Waals surface area contributed by atoms with Crippen molar-refractivity contribution in [1.82, 2.24) is 24.8 Å². The molecule has 52 heavy (non-hydrogen) atoms. The lowest BCUT2D eigenvalue weighted by atomic mass is 9.74. The Bertz CT molecular complexity index is 1840. The van der Waals surface area contributed by atoms with Crippen LogP contribution in [-0.2, 0) is 15.7 Å². The molecule has 0 spiro atoms. The zero-order valence-corrected chi connectivity index (χ0v) is 30.3. The molecule has 4 aromatic rings. The van der Waals surface area contributed by atoms with E-state index in [0.29, 0.717) is 42.4 Å². The fourth-order valence-corrected chi connectivity index (χ4v) is 7.81. The van der Waals surface area contributed by atoms with Gasteiger partial charge in [0, 0.05) is 81.2 Å². The van der Waals surface area contributed by atoms with E-state index in [2.05, 4.69) is 43.7 Å². The molecule has 6 rings (SSSR count). The largest absolute Gasteiger partial charge is 0.481 e. The Labute approximate surface area is 302 Å². The van der Waals surface area contributed by atoms with Gasteiger partial charge in [-0.2, -0.15) is 13.2 Å². The molecule has 11 nitrogen and oxygen atoms in total. The lowest BCUT2D eigenvalue weighted by Crippen LogP contribution is -2.52. The number of rotatable bonds is 13. The standard InChI is InChI=1S/C38H48F3N7O4/c1-5-52-32-20-27(19-31(43-32)38(39,40)41)29-21-30(46(3)23-37(24-51-4)14-7-6-8-15-37)34-36(42-29)45-35(44-34)26-9-11-28(12-10-26)48-18-17-47(22-25(48)2)16-13-33(49)50/h9-12,19-21,25H,5-8,13-18,22-24H2,1-4H3,(H,49,50)(H,42,44,45)/t25-/m1/s1. The maximum absolute atomic E-state index is 14.0. The van der Waals surface area contributed by atoms with Crippen molar-refractivity contribution < 1.29 is 32.5 Å². The Hall–Kier alpha value is -4.43. The highest BCUT2D eigenvalue weighted by Gasteiger charge is 2.36. The van der Waals surface area contributed by atoms with Crippen LogP contribution in [-0.4, -0.2) is 102 Å². The van der Waals surface area contributed by atoms with E-state index in [4.69, 9.17) is 24.5 Å². The number of alkyl halides is 3. The average molecular weight is 724 g/mol. The van der Waals surface area contributed by atoms with Crippen molar-refractivity contribution in [2.24, 2.45) is 5.41 Å². The number of aromatic nitrogens is 4. The molecule has 0 bridgehead atoms. The van der Waals surface area contributed by atoms with Gasteiger partial charge in [-0.15, -0.1) is 0 Å². The lowest BCUT2D eigenvalue weighted by Gasteiger charge is -2.41. The average Bonchev–Trinajstić information content (AvgIpc) is 3.55. The Balaban J connectivity index is 1.36. The van der Waals surface area contributed by atoms with E-state index >= 15 is 0 Å². The molecule has 14 heteroatoms. The summed E-state index contributed by atoms with van der Waals surface area (Å²) in [5.41, 5.74) is 3.21. The first-order chi connectivity index (χ1) is 24.9. The third-order valence-corrected chi connectivity index (χ3v) is 10.3. The van der Waals surface area contributed by atoms with Crippen molar-refractivity contribution in [2.45, 2.75) is 64.6 Å². The number of piperazine rings is 1. The molecule has 2 N–H and O–H groups in total. The van der Waals surface area contributed by atoms with Crippen molar-refractivity contribution >= 4 is 28.5 Å². The van der Waals surface area contributed by atoms with Crippen molar-refractivity contribution in [1.29, 1.82) is 0 Å². The van der Waals surface area contributed by atoms with Crippen LogP contribution >= 0.6 is 0 Å². The molecule has 1 atom stereocenters. The summed E-state index contributed by atoms with van der Waals surface area (Å²) >= 11 is 0. The van der Waals surface area contributed by atoms with Gasteiger partial charge in [-0.1, -0.05) is 19.3 Å². The Morgan fingerprint density at radius 3 is 2.46 bits per heavy atom. The summed E-state index contributed by atoms with van der Waals surface area (Å²) in [5.74, 6) is -0.314. The number of carbonyl (C=O) groups is 1. The first kappa shape index (κ1) is 37.3. The summed E-state index contributed by atoms with van der Waals surface area (Å²) < 4.78 is 53.1. The second-order valence-corrected chi connectivity index (χ2v) is 14.2. The van der Waals surface area contributed by atoms with Crippen LogP contribution in [0.15, 0.2) is 42.5 Å². The van der Waals surface area contributed by atoms with E-state index in [-0.39, 0.29) is 35.9 Å². The number of aliphatic carboxylic acids is 1. The van der Waals surface area contributed by atoms with Crippen LogP contribution in [0.1, 0.15) is 58.1 Å². The number of pyridine rings is 2. The highest BCUT2D eigenvalue weighted by molar-refractivity contribution is 5.91. The molecular weight excluding hydrogens is 675 g/mol. The van der Waals surface area contributed by atoms with Gasteiger partial charge in [-0.05, 0) is 63.1 Å². The van der Waals surface area contributed by atoms with E-state index in [1.807, 2.05) is 25.2 Å². The number of H-pyrrole nitrogens is 1. The first-order valence-electron chi connectivity index (χ1n) is 18.0. The Morgan fingerprint density at radius 2 is 1.81 bits per heavy atom. The van der Waals surface area contributed by atoms with Gasteiger partial charge in [-0.25, -0.2) is 15.0 Å². The summed E-state index contributed by atoms with van der Waals surface area (Å²) in [5, 5.41) is 9.08. The van der Waals surface area contributed by atoms with Crippen LogP contribution in [0.4, 0.5) is 24.5 Å². The topological polar surface area (TPSA) is 120 Å². The monoisotopic (exact) mass is 723 g/mol. The number of hydrogen-bond acceptors (Lipinski definition) is 9. The van der Waals surface area contributed by atoms with Crippen LogP contribution < -0.4 is 14.5 Å².